The second-order valence-corrected chi connectivity index (χ2v) is 11.5. The zero-order valence-corrected chi connectivity index (χ0v) is 24.7. The van der Waals surface area contributed by atoms with E-state index in [-0.39, 0.29) is 0 Å². The van der Waals surface area contributed by atoms with Gasteiger partial charge in [-0.15, -0.1) is 0 Å². The van der Waals surface area contributed by atoms with E-state index in [1.165, 1.54) is 65.6 Å². The second-order valence-electron chi connectivity index (χ2n) is 11.5. The fraction of sp³-hybridized carbons (Fsp3) is 0.0233. The molecule has 1 aromatic heterocycles. The van der Waals surface area contributed by atoms with Gasteiger partial charge in [0.2, 0.25) is 0 Å². The molecule has 7 aromatic carbocycles. The van der Waals surface area contributed by atoms with E-state index in [1.54, 1.807) is 0 Å². The van der Waals surface area contributed by atoms with Crippen LogP contribution in [0.5, 0.6) is 0 Å². The highest BCUT2D eigenvalue weighted by molar-refractivity contribution is 6.19. The van der Waals surface area contributed by atoms with Crippen molar-refractivity contribution >= 4 is 48.9 Å². The maximum absolute atomic E-state index is 4.31. The monoisotopic (exact) mass is 561 g/mol. The van der Waals surface area contributed by atoms with Gasteiger partial charge in [0.25, 0.3) is 0 Å². The van der Waals surface area contributed by atoms with Crippen molar-refractivity contribution in [3.63, 3.8) is 0 Å². The summed E-state index contributed by atoms with van der Waals surface area (Å²) in [5.41, 5.74) is 10.7. The number of hydrogen-bond acceptors (Lipinski definition) is 0. The number of fused-ring (bicyclic) bond motifs is 6. The predicted octanol–water partition coefficient (Wildman–Crippen LogP) is 12.0. The topological polar surface area (TPSA) is 4.93 Å². The molecule has 0 radical (unpaired) electrons. The summed E-state index contributed by atoms with van der Waals surface area (Å²) >= 11 is 0. The first-order valence-corrected chi connectivity index (χ1v) is 15.2. The van der Waals surface area contributed by atoms with Crippen LogP contribution in [-0.4, -0.2) is 4.57 Å². The van der Waals surface area contributed by atoms with Crippen LogP contribution in [0.15, 0.2) is 164 Å². The molecule has 1 heterocycles. The fourth-order valence-electron chi connectivity index (χ4n) is 6.59. The normalized spacial score (nSPS) is 11.8. The van der Waals surface area contributed by atoms with Crippen molar-refractivity contribution in [3.8, 4) is 27.9 Å². The molecule has 44 heavy (non-hydrogen) atoms. The lowest BCUT2D eigenvalue weighted by atomic mass is 9.96. The Labute approximate surface area is 257 Å². The van der Waals surface area contributed by atoms with E-state index in [0.717, 1.165) is 16.8 Å². The van der Waals surface area contributed by atoms with Crippen molar-refractivity contribution in [3.05, 3.63) is 170 Å². The summed E-state index contributed by atoms with van der Waals surface area (Å²) in [6.45, 7) is 6.34. The molecule has 8 rings (SSSR count). The Morgan fingerprint density at radius 2 is 1.09 bits per heavy atom. The molecule has 0 aliphatic heterocycles. The summed E-state index contributed by atoms with van der Waals surface area (Å²) in [6.07, 6.45) is 4.12. The zero-order chi connectivity index (χ0) is 29.6. The Morgan fingerprint density at radius 1 is 0.523 bits per heavy atom. The largest absolute Gasteiger partial charge is 0.309 e. The number of nitrogens with zero attached hydrogens (tertiary/aromatic N) is 1. The summed E-state index contributed by atoms with van der Waals surface area (Å²) < 4.78 is 2.42. The standard InChI is InChI=1S/C43H31N/c1-3-10-29(2)31-19-23-40-41-24-21-37-27-36(20-22-39(37)43(41)44(42(40)28-31)38-13-8-5-9-14-38)35-18-17-33-25-32(15-16-34(33)26-35)30-11-6-4-7-12-30/h3-28H,2H2,1H3/b10-3-. The van der Waals surface area contributed by atoms with Crippen LogP contribution in [0.2, 0.25) is 0 Å². The first kappa shape index (κ1) is 26.0. The molecule has 0 amide bonds. The molecule has 0 N–H and O–H groups in total. The van der Waals surface area contributed by atoms with Gasteiger partial charge in [-0.05, 0) is 92.9 Å². The number of allylic oxidation sites excluding steroid dienone is 3. The van der Waals surface area contributed by atoms with Crippen LogP contribution in [0.3, 0.4) is 0 Å². The molecule has 0 unspecified atom stereocenters. The minimum Gasteiger partial charge on any atom is -0.309 e. The lowest BCUT2D eigenvalue weighted by Crippen LogP contribution is -1.94. The van der Waals surface area contributed by atoms with Crippen LogP contribution in [-0.2, 0) is 0 Å². The first-order valence-electron chi connectivity index (χ1n) is 15.2. The molecule has 1 heteroatoms. The highest BCUT2D eigenvalue weighted by Crippen LogP contribution is 2.39. The molecule has 0 atom stereocenters. The van der Waals surface area contributed by atoms with Crippen molar-refractivity contribution in [1.29, 1.82) is 0 Å². The van der Waals surface area contributed by atoms with Gasteiger partial charge in [-0.3, -0.25) is 0 Å². The van der Waals surface area contributed by atoms with Gasteiger partial charge >= 0.3 is 0 Å². The maximum Gasteiger partial charge on any atom is 0.0619 e. The number of para-hydroxylation sites is 1. The molecular weight excluding hydrogens is 530 g/mol. The molecule has 0 aliphatic carbocycles. The summed E-state index contributed by atoms with van der Waals surface area (Å²) in [5, 5.41) is 7.48. The van der Waals surface area contributed by atoms with Gasteiger partial charge in [0.05, 0.1) is 11.0 Å². The fourth-order valence-corrected chi connectivity index (χ4v) is 6.59. The van der Waals surface area contributed by atoms with Gasteiger partial charge in [0.1, 0.15) is 0 Å². The lowest BCUT2D eigenvalue weighted by molar-refractivity contribution is 1.19. The van der Waals surface area contributed by atoms with Crippen LogP contribution in [0.25, 0.3) is 76.9 Å². The summed E-state index contributed by atoms with van der Waals surface area (Å²) in [4.78, 5) is 0. The maximum atomic E-state index is 4.31. The summed E-state index contributed by atoms with van der Waals surface area (Å²) in [5.74, 6) is 0. The van der Waals surface area contributed by atoms with Crippen molar-refractivity contribution in [2.45, 2.75) is 6.92 Å². The van der Waals surface area contributed by atoms with Crippen LogP contribution < -0.4 is 0 Å². The molecular formula is C43H31N. The SMILES string of the molecule is C=C(/C=C\C)c1ccc2c3ccc4cc(-c5ccc6cc(-c7ccccc7)ccc6c5)ccc4c3n(-c3ccccc3)c2c1. The second kappa shape index (κ2) is 10.6. The third kappa shape index (κ3) is 4.33. The van der Waals surface area contributed by atoms with E-state index >= 15 is 0 Å². The summed E-state index contributed by atoms with van der Waals surface area (Å²) in [7, 11) is 0. The van der Waals surface area contributed by atoms with Gasteiger partial charge in [-0.25, -0.2) is 0 Å². The molecule has 8 aromatic rings. The molecule has 0 spiro atoms. The Morgan fingerprint density at radius 3 is 1.80 bits per heavy atom. The van der Waals surface area contributed by atoms with E-state index < -0.39 is 0 Å². The Bertz CT molecular complexity index is 2390. The van der Waals surface area contributed by atoms with E-state index in [2.05, 4.69) is 163 Å². The first-order chi connectivity index (χ1) is 21.7. The van der Waals surface area contributed by atoms with Crippen LogP contribution in [0.4, 0.5) is 0 Å². The van der Waals surface area contributed by atoms with Crippen molar-refractivity contribution in [2.75, 3.05) is 0 Å². The van der Waals surface area contributed by atoms with Gasteiger partial charge in [-0.1, -0.05) is 128 Å². The molecule has 0 saturated heterocycles. The van der Waals surface area contributed by atoms with Gasteiger partial charge in [0.15, 0.2) is 0 Å². The van der Waals surface area contributed by atoms with Gasteiger partial charge < -0.3 is 4.57 Å². The van der Waals surface area contributed by atoms with E-state index in [4.69, 9.17) is 0 Å². The molecule has 0 aliphatic rings. The highest BCUT2D eigenvalue weighted by atomic mass is 15.0. The number of hydrogen-bond donors (Lipinski definition) is 0. The van der Waals surface area contributed by atoms with Crippen LogP contribution in [0.1, 0.15) is 12.5 Å². The predicted molar refractivity (Wildman–Crippen MR) is 191 cm³/mol. The number of benzene rings is 7. The number of rotatable bonds is 5. The Balaban J connectivity index is 1.29. The minimum atomic E-state index is 1.01. The van der Waals surface area contributed by atoms with Crippen molar-refractivity contribution < 1.29 is 0 Å². The van der Waals surface area contributed by atoms with E-state index in [9.17, 15) is 0 Å². The van der Waals surface area contributed by atoms with Gasteiger partial charge in [-0.2, -0.15) is 0 Å². The average molecular weight is 562 g/mol. The summed E-state index contributed by atoms with van der Waals surface area (Å²) in [6, 6.07) is 53.0. The lowest BCUT2D eigenvalue weighted by Gasteiger charge is -2.12. The molecule has 0 bridgehead atoms. The van der Waals surface area contributed by atoms with E-state index in [0.29, 0.717) is 0 Å². The average Bonchev–Trinajstić information content (AvgIpc) is 3.42. The Hall–Kier alpha value is -5.66. The molecule has 1 nitrogen and oxygen atoms in total. The van der Waals surface area contributed by atoms with Gasteiger partial charge in [0, 0.05) is 21.8 Å². The third-order valence-electron chi connectivity index (χ3n) is 8.78. The van der Waals surface area contributed by atoms with Crippen LogP contribution in [0, 0.1) is 0 Å². The number of aromatic nitrogens is 1. The highest BCUT2D eigenvalue weighted by Gasteiger charge is 2.16. The molecule has 0 saturated carbocycles. The minimum absolute atomic E-state index is 1.01. The third-order valence-corrected chi connectivity index (χ3v) is 8.78. The molecule has 208 valence electrons. The van der Waals surface area contributed by atoms with Crippen molar-refractivity contribution in [1.82, 2.24) is 4.57 Å². The quantitative estimate of drug-likeness (QED) is 0.184. The van der Waals surface area contributed by atoms with Crippen LogP contribution >= 0.6 is 0 Å². The van der Waals surface area contributed by atoms with E-state index in [1.807, 2.05) is 13.0 Å². The smallest absolute Gasteiger partial charge is 0.0619 e. The zero-order valence-electron chi connectivity index (χ0n) is 24.7. The Kier molecular flexibility index (Phi) is 6.24. The van der Waals surface area contributed by atoms with Crippen molar-refractivity contribution in [2.24, 2.45) is 0 Å². The molecule has 0 fully saturated rings.